The Kier molecular flexibility index (Phi) is 5.44. The van der Waals surface area contributed by atoms with E-state index in [2.05, 4.69) is 21.7 Å². The molecule has 2 aliphatic heterocycles. The molecule has 3 aliphatic rings. The summed E-state index contributed by atoms with van der Waals surface area (Å²) < 4.78 is 5.39. The summed E-state index contributed by atoms with van der Waals surface area (Å²) in [6.45, 7) is 1.18. The van der Waals surface area contributed by atoms with Crippen LogP contribution in [0.2, 0.25) is 0 Å². The predicted molar refractivity (Wildman–Crippen MR) is 119 cm³/mol. The Morgan fingerprint density at radius 3 is 3.00 bits per heavy atom. The summed E-state index contributed by atoms with van der Waals surface area (Å²) in [4.78, 5) is 43.4. The van der Waals surface area contributed by atoms with Crippen LogP contribution < -0.4 is 15.4 Å². The fourth-order valence-electron chi connectivity index (χ4n) is 5.33. The molecule has 3 amide bonds. The average Bonchev–Trinajstić information content (AvgIpc) is 3.27. The first-order valence-electron chi connectivity index (χ1n) is 11.4. The third kappa shape index (κ3) is 3.90. The van der Waals surface area contributed by atoms with Crippen molar-refractivity contribution in [1.29, 1.82) is 5.26 Å². The van der Waals surface area contributed by atoms with E-state index in [1.807, 2.05) is 18.2 Å². The molecule has 1 unspecified atom stereocenters. The standard InChI is InChI=1S/C24H27N5O4/c1-33-20-6-2-5-18-17(20)10-19(28-18)24(32)29-12-14-9-16(14)21(29)23(31)27-15(11-25)8-13-4-3-7-26-22(13)30/h2,5-6,10,13-16,21,28H,3-4,7-9,12H2,1H3,(H,26,30)(H,27,31)/t13-,14-,15-,16?,21-/m0/s1. The predicted octanol–water partition coefficient (Wildman–Crippen LogP) is 1.56. The number of hydrogen-bond donors (Lipinski definition) is 3. The lowest BCUT2D eigenvalue weighted by Crippen LogP contribution is -2.51. The Labute approximate surface area is 191 Å². The lowest BCUT2D eigenvalue weighted by Gasteiger charge is -2.28. The molecule has 0 spiro atoms. The molecule has 2 aromatic rings. The number of nitriles is 1. The monoisotopic (exact) mass is 449 g/mol. The first kappa shape index (κ1) is 21.3. The van der Waals surface area contributed by atoms with Crippen LogP contribution in [0.4, 0.5) is 0 Å². The van der Waals surface area contributed by atoms with Gasteiger partial charge in [0.15, 0.2) is 0 Å². The third-order valence-corrected chi connectivity index (χ3v) is 7.15. The van der Waals surface area contributed by atoms with Gasteiger partial charge in [-0.1, -0.05) is 6.07 Å². The number of fused-ring (bicyclic) bond motifs is 2. The van der Waals surface area contributed by atoms with Crippen molar-refractivity contribution in [1.82, 2.24) is 20.5 Å². The second kappa shape index (κ2) is 8.43. The number of likely N-dealkylation sites (tertiary alicyclic amines) is 1. The third-order valence-electron chi connectivity index (χ3n) is 7.15. The summed E-state index contributed by atoms with van der Waals surface area (Å²) in [6.07, 6.45) is 2.77. The van der Waals surface area contributed by atoms with Crippen molar-refractivity contribution in [3.8, 4) is 11.8 Å². The Balaban J connectivity index is 1.31. The van der Waals surface area contributed by atoms with E-state index < -0.39 is 12.1 Å². The molecule has 0 radical (unpaired) electrons. The highest BCUT2D eigenvalue weighted by Crippen LogP contribution is 2.50. The fraction of sp³-hybridized carbons (Fsp3) is 0.500. The van der Waals surface area contributed by atoms with Crippen LogP contribution in [0.1, 0.15) is 36.2 Å². The van der Waals surface area contributed by atoms with Gasteiger partial charge >= 0.3 is 0 Å². The molecule has 33 heavy (non-hydrogen) atoms. The topological polar surface area (TPSA) is 127 Å². The van der Waals surface area contributed by atoms with Gasteiger partial charge in [-0.2, -0.15) is 5.26 Å². The van der Waals surface area contributed by atoms with Crippen molar-refractivity contribution in [2.24, 2.45) is 17.8 Å². The normalized spacial score (nSPS) is 26.8. The van der Waals surface area contributed by atoms with Crippen LogP contribution in [0.3, 0.4) is 0 Å². The molecule has 5 atom stereocenters. The van der Waals surface area contributed by atoms with Crippen molar-refractivity contribution in [2.45, 2.75) is 37.8 Å². The number of benzene rings is 1. The highest BCUT2D eigenvalue weighted by Gasteiger charge is 2.57. The average molecular weight is 450 g/mol. The number of methoxy groups -OCH3 is 1. The number of rotatable bonds is 6. The molecule has 9 heteroatoms. The molecule has 0 bridgehead atoms. The largest absolute Gasteiger partial charge is 0.496 e. The number of amides is 3. The number of piperidine rings is 2. The van der Waals surface area contributed by atoms with Gasteiger partial charge in [-0.15, -0.1) is 0 Å². The smallest absolute Gasteiger partial charge is 0.271 e. The highest BCUT2D eigenvalue weighted by atomic mass is 16.5. The summed E-state index contributed by atoms with van der Waals surface area (Å²) in [7, 11) is 1.58. The number of H-pyrrole nitrogens is 1. The van der Waals surface area contributed by atoms with Gasteiger partial charge in [0.2, 0.25) is 11.8 Å². The first-order valence-corrected chi connectivity index (χ1v) is 11.4. The molecule has 3 heterocycles. The van der Waals surface area contributed by atoms with Gasteiger partial charge in [-0.05, 0) is 55.7 Å². The van der Waals surface area contributed by atoms with E-state index in [0.717, 1.165) is 23.7 Å². The second-order valence-electron chi connectivity index (χ2n) is 9.22. The van der Waals surface area contributed by atoms with Crippen molar-refractivity contribution < 1.29 is 19.1 Å². The number of ether oxygens (including phenoxy) is 1. The summed E-state index contributed by atoms with van der Waals surface area (Å²) in [5.74, 6) is 0.207. The molecule has 5 rings (SSSR count). The van der Waals surface area contributed by atoms with Crippen LogP contribution >= 0.6 is 0 Å². The molecule has 1 aromatic heterocycles. The van der Waals surface area contributed by atoms with E-state index >= 15 is 0 Å². The molecular formula is C24H27N5O4. The van der Waals surface area contributed by atoms with Crippen molar-refractivity contribution in [3.63, 3.8) is 0 Å². The molecule has 9 nitrogen and oxygen atoms in total. The van der Waals surface area contributed by atoms with Crippen molar-refractivity contribution in [2.75, 3.05) is 20.2 Å². The fourth-order valence-corrected chi connectivity index (χ4v) is 5.33. The summed E-state index contributed by atoms with van der Waals surface area (Å²) >= 11 is 0. The zero-order valence-corrected chi connectivity index (χ0v) is 18.5. The number of aromatic amines is 1. The van der Waals surface area contributed by atoms with Crippen LogP contribution in [0, 0.1) is 29.1 Å². The van der Waals surface area contributed by atoms with Crippen LogP contribution in [0.25, 0.3) is 10.9 Å². The van der Waals surface area contributed by atoms with Crippen molar-refractivity contribution >= 4 is 28.6 Å². The molecule has 2 saturated heterocycles. The molecular weight excluding hydrogens is 422 g/mol. The number of carbonyl (C=O) groups is 3. The van der Waals surface area contributed by atoms with Gasteiger partial charge in [-0.3, -0.25) is 14.4 Å². The SMILES string of the molecule is COc1cccc2[nH]c(C(=O)N3C[C@@H]4CC4[C@H]3C(=O)N[C@H](C#N)C[C@@H]3CCCNC3=O)cc12. The molecule has 1 saturated carbocycles. The molecule has 3 N–H and O–H groups in total. The van der Waals surface area contributed by atoms with Crippen LogP contribution in [-0.4, -0.2) is 59.9 Å². The van der Waals surface area contributed by atoms with E-state index in [4.69, 9.17) is 4.74 Å². The van der Waals surface area contributed by atoms with Crippen molar-refractivity contribution in [3.05, 3.63) is 30.0 Å². The zero-order valence-electron chi connectivity index (χ0n) is 18.5. The van der Waals surface area contributed by atoms with Crippen LogP contribution in [0.15, 0.2) is 24.3 Å². The number of aromatic nitrogens is 1. The number of nitrogens with zero attached hydrogens (tertiary/aromatic N) is 2. The quantitative estimate of drug-likeness (QED) is 0.617. The van der Waals surface area contributed by atoms with Gasteiger partial charge in [0.1, 0.15) is 23.5 Å². The Morgan fingerprint density at radius 2 is 2.24 bits per heavy atom. The van der Waals surface area contributed by atoms with Gasteiger partial charge in [0.05, 0.1) is 13.2 Å². The minimum absolute atomic E-state index is 0.0649. The lowest BCUT2D eigenvalue weighted by molar-refractivity contribution is -0.129. The molecule has 172 valence electrons. The van der Waals surface area contributed by atoms with Gasteiger partial charge in [-0.25, -0.2) is 0 Å². The maximum atomic E-state index is 13.4. The maximum Gasteiger partial charge on any atom is 0.271 e. The van der Waals surface area contributed by atoms with Crippen LogP contribution in [-0.2, 0) is 9.59 Å². The summed E-state index contributed by atoms with van der Waals surface area (Å²) in [5, 5.41) is 16.0. The Morgan fingerprint density at radius 1 is 1.39 bits per heavy atom. The van der Waals surface area contributed by atoms with Gasteiger partial charge < -0.3 is 25.3 Å². The lowest BCUT2D eigenvalue weighted by atomic mass is 9.92. The van der Waals surface area contributed by atoms with Gasteiger partial charge in [0, 0.05) is 29.9 Å². The Hall–Kier alpha value is -3.54. The van der Waals surface area contributed by atoms with E-state index in [0.29, 0.717) is 36.9 Å². The minimum atomic E-state index is -0.765. The van der Waals surface area contributed by atoms with E-state index in [1.165, 1.54) is 0 Å². The second-order valence-corrected chi connectivity index (χ2v) is 9.22. The summed E-state index contributed by atoms with van der Waals surface area (Å²) in [5.41, 5.74) is 1.20. The highest BCUT2D eigenvalue weighted by molar-refractivity contribution is 6.02. The van der Waals surface area contributed by atoms with E-state index in [1.54, 1.807) is 18.1 Å². The van der Waals surface area contributed by atoms with E-state index in [-0.39, 0.29) is 36.0 Å². The van der Waals surface area contributed by atoms with Gasteiger partial charge in [0.25, 0.3) is 5.91 Å². The molecule has 1 aliphatic carbocycles. The molecule has 3 fully saturated rings. The summed E-state index contributed by atoms with van der Waals surface area (Å²) in [6, 6.07) is 8.07. The number of hydrogen-bond acceptors (Lipinski definition) is 5. The number of nitrogens with one attached hydrogen (secondary N) is 3. The minimum Gasteiger partial charge on any atom is -0.496 e. The first-order chi connectivity index (χ1) is 16.0. The number of carbonyl (C=O) groups excluding carboxylic acids is 3. The van der Waals surface area contributed by atoms with Crippen LogP contribution in [0.5, 0.6) is 5.75 Å². The Bertz CT molecular complexity index is 1150. The maximum absolute atomic E-state index is 13.4. The molecule has 1 aromatic carbocycles. The zero-order chi connectivity index (χ0) is 23.1. The van der Waals surface area contributed by atoms with E-state index in [9.17, 15) is 19.6 Å².